The Kier molecular flexibility index (Phi) is 4.23. The molecule has 7 nitrogen and oxygen atoms in total. The number of aromatic nitrogens is 2. The van der Waals surface area contributed by atoms with Crippen molar-refractivity contribution in [3.8, 4) is 0 Å². The number of imidazole rings is 1. The zero-order chi connectivity index (χ0) is 16.6. The number of amides is 1. The SMILES string of the molecule is C[C@@H]1C[NH+]([C@@H](C)C(=O)Nc2ccc3[nH]c(=O)[nH]c3c2)C[C@H](C)O1. The predicted molar refractivity (Wildman–Crippen MR) is 87.7 cm³/mol. The molecule has 3 rings (SSSR count). The van der Waals surface area contributed by atoms with Crippen LogP contribution >= 0.6 is 0 Å². The summed E-state index contributed by atoms with van der Waals surface area (Å²) in [7, 11) is 0. The van der Waals surface area contributed by atoms with Crippen molar-refractivity contribution in [2.75, 3.05) is 18.4 Å². The maximum absolute atomic E-state index is 12.5. The lowest BCUT2D eigenvalue weighted by Gasteiger charge is -2.35. The van der Waals surface area contributed by atoms with E-state index in [1.54, 1.807) is 18.2 Å². The van der Waals surface area contributed by atoms with Crippen LogP contribution in [0, 0.1) is 0 Å². The number of quaternary nitrogens is 1. The number of aromatic amines is 2. The first-order chi connectivity index (χ1) is 10.9. The van der Waals surface area contributed by atoms with Gasteiger partial charge in [-0.1, -0.05) is 0 Å². The molecular formula is C16H23N4O3+. The average Bonchev–Trinajstić information content (AvgIpc) is 2.84. The molecule has 2 heterocycles. The molecule has 1 aromatic heterocycles. The number of fused-ring (bicyclic) bond motifs is 1. The standard InChI is InChI=1S/C16H22N4O3/c1-9-7-20(8-10(2)23-9)11(3)15(21)17-12-4-5-13-14(6-12)19-16(22)18-13/h4-6,9-11H,7-8H2,1-3H3,(H,17,21)(H2,18,19,22)/p+1/t9-,10+,11-/m0/s1. The lowest BCUT2D eigenvalue weighted by molar-refractivity contribution is -0.928. The van der Waals surface area contributed by atoms with Gasteiger partial charge in [0.15, 0.2) is 6.04 Å². The highest BCUT2D eigenvalue weighted by molar-refractivity contribution is 5.95. The number of hydrogen-bond acceptors (Lipinski definition) is 3. The highest BCUT2D eigenvalue weighted by Crippen LogP contribution is 2.14. The van der Waals surface area contributed by atoms with E-state index in [0.717, 1.165) is 18.6 Å². The zero-order valence-electron chi connectivity index (χ0n) is 13.6. The molecule has 1 aliphatic heterocycles. The number of morpholine rings is 1. The van der Waals surface area contributed by atoms with E-state index in [2.05, 4.69) is 15.3 Å². The van der Waals surface area contributed by atoms with Crippen LogP contribution in [0.5, 0.6) is 0 Å². The minimum Gasteiger partial charge on any atom is -0.364 e. The third-order valence-corrected chi connectivity index (χ3v) is 4.35. The fraction of sp³-hybridized carbons (Fsp3) is 0.500. The van der Waals surface area contributed by atoms with Gasteiger partial charge in [-0.05, 0) is 39.0 Å². The Morgan fingerprint density at radius 1 is 1.26 bits per heavy atom. The van der Waals surface area contributed by atoms with E-state index in [1.165, 1.54) is 4.90 Å². The smallest absolute Gasteiger partial charge is 0.323 e. The second-order valence-electron chi connectivity index (χ2n) is 6.37. The highest BCUT2D eigenvalue weighted by Gasteiger charge is 2.32. The Balaban J connectivity index is 1.70. The molecule has 124 valence electrons. The van der Waals surface area contributed by atoms with Crippen molar-refractivity contribution in [2.45, 2.75) is 39.0 Å². The molecule has 4 N–H and O–H groups in total. The van der Waals surface area contributed by atoms with E-state index in [0.29, 0.717) is 11.2 Å². The van der Waals surface area contributed by atoms with Gasteiger partial charge in [-0.2, -0.15) is 0 Å². The maximum atomic E-state index is 12.5. The molecule has 0 bridgehead atoms. The number of ether oxygens (including phenoxy) is 1. The third-order valence-electron chi connectivity index (χ3n) is 4.35. The summed E-state index contributed by atoms with van der Waals surface area (Å²) >= 11 is 0. The van der Waals surface area contributed by atoms with Crippen LogP contribution in [0.1, 0.15) is 20.8 Å². The summed E-state index contributed by atoms with van der Waals surface area (Å²) in [6.07, 6.45) is 0.315. The summed E-state index contributed by atoms with van der Waals surface area (Å²) in [5, 5.41) is 2.93. The van der Waals surface area contributed by atoms with Crippen LogP contribution in [-0.4, -0.2) is 47.2 Å². The summed E-state index contributed by atoms with van der Waals surface area (Å²) in [6, 6.07) is 5.16. The molecule has 0 spiro atoms. The van der Waals surface area contributed by atoms with Crippen LogP contribution in [0.15, 0.2) is 23.0 Å². The molecule has 0 saturated carbocycles. The number of carbonyl (C=O) groups is 1. The highest BCUT2D eigenvalue weighted by atomic mass is 16.5. The Labute approximate surface area is 134 Å². The van der Waals surface area contributed by atoms with Gasteiger partial charge in [-0.3, -0.25) is 4.79 Å². The molecule has 1 aromatic carbocycles. The Morgan fingerprint density at radius 2 is 1.91 bits per heavy atom. The fourth-order valence-electron chi connectivity index (χ4n) is 3.21. The zero-order valence-corrected chi connectivity index (χ0v) is 13.6. The summed E-state index contributed by atoms with van der Waals surface area (Å²) in [4.78, 5) is 30.4. The molecule has 1 unspecified atom stereocenters. The van der Waals surface area contributed by atoms with Gasteiger partial charge >= 0.3 is 5.69 Å². The molecule has 0 aliphatic carbocycles. The molecule has 1 amide bonds. The van der Waals surface area contributed by atoms with Gasteiger partial charge in [0, 0.05) is 5.69 Å². The van der Waals surface area contributed by atoms with E-state index in [9.17, 15) is 9.59 Å². The molecule has 23 heavy (non-hydrogen) atoms. The van der Waals surface area contributed by atoms with E-state index in [-0.39, 0.29) is 29.8 Å². The van der Waals surface area contributed by atoms with Gasteiger partial charge in [0.1, 0.15) is 25.3 Å². The van der Waals surface area contributed by atoms with E-state index in [1.807, 2.05) is 20.8 Å². The number of nitrogens with one attached hydrogen (secondary N) is 4. The predicted octanol–water partition coefficient (Wildman–Crippen LogP) is -0.125. The molecule has 0 radical (unpaired) electrons. The quantitative estimate of drug-likeness (QED) is 0.635. The van der Waals surface area contributed by atoms with Crippen molar-refractivity contribution in [1.82, 2.24) is 9.97 Å². The first-order valence-electron chi connectivity index (χ1n) is 7.95. The lowest BCUT2D eigenvalue weighted by Crippen LogP contribution is -3.19. The van der Waals surface area contributed by atoms with Crippen molar-refractivity contribution in [2.24, 2.45) is 0 Å². The molecule has 1 aliphatic rings. The van der Waals surface area contributed by atoms with Gasteiger partial charge in [0.2, 0.25) is 0 Å². The normalized spacial score (nSPS) is 26.1. The summed E-state index contributed by atoms with van der Waals surface area (Å²) < 4.78 is 5.73. The van der Waals surface area contributed by atoms with Crippen LogP contribution in [0.25, 0.3) is 11.0 Å². The molecule has 7 heteroatoms. The van der Waals surface area contributed by atoms with Crippen molar-refractivity contribution in [3.63, 3.8) is 0 Å². The molecule has 1 saturated heterocycles. The largest absolute Gasteiger partial charge is 0.364 e. The summed E-state index contributed by atoms with van der Waals surface area (Å²) in [6.45, 7) is 7.66. The first-order valence-corrected chi connectivity index (χ1v) is 7.95. The topological polar surface area (TPSA) is 91.4 Å². The number of hydrogen-bond donors (Lipinski definition) is 4. The number of anilines is 1. The van der Waals surface area contributed by atoms with Crippen molar-refractivity contribution in [1.29, 1.82) is 0 Å². The molecular weight excluding hydrogens is 296 g/mol. The second kappa shape index (κ2) is 6.17. The van der Waals surface area contributed by atoms with Gasteiger partial charge in [-0.15, -0.1) is 0 Å². The minimum atomic E-state index is -0.252. The Bertz CT molecular complexity index is 756. The number of H-pyrrole nitrogens is 2. The molecule has 4 atom stereocenters. The number of benzene rings is 1. The summed E-state index contributed by atoms with van der Waals surface area (Å²) in [5.41, 5.74) is 1.83. The lowest BCUT2D eigenvalue weighted by atomic mass is 10.1. The minimum absolute atomic E-state index is 0.0291. The first kappa shape index (κ1) is 15.8. The van der Waals surface area contributed by atoms with E-state index < -0.39 is 0 Å². The van der Waals surface area contributed by atoms with Crippen molar-refractivity contribution >= 4 is 22.6 Å². The average molecular weight is 319 g/mol. The Hall–Kier alpha value is -2.12. The third kappa shape index (κ3) is 3.46. The monoisotopic (exact) mass is 319 g/mol. The van der Waals surface area contributed by atoms with E-state index >= 15 is 0 Å². The summed E-state index contributed by atoms with van der Waals surface area (Å²) in [5.74, 6) is -0.0291. The fourth-order valence-corrected chi connectivity index (χ4v) is 3.21. The molecule has 1 fully saturated rings. The van der Waals surface area contributed by atoms with Gasteiger partial charge in [0.25, 0.3) is 5.91 Å². The number of rotatable bonds is 3. The van der Waals surface area contributed by atoms with Gasteiger partial charge < -0.3 is 24.9 Å². The molecule has 2 aromatic rings. The number of carbonyl (C=O) groups excluding carboxylic acids is 1. The van der Waals surface area contributed by atoms with Crippen molar-refractivity contribution in [3.05, 3.63) is 28.7 Å². The van der Waals surface area contributed by atoms with Crippen LogP contribution in [-0.2, 0) is 9.53 Å². The Morgan fingerprint density at radius 3 is 2.61 bits per heavy atom. The second-order valence-corrected chi connectivity index (χ2v) is 6.37. The van der Waals surface area contributed by atoms with Crippen LogP contribution < -0.4 is 15.9 Å². The van der Waals surface area contributed by atoms with E-state index in [4.69, 9.17) is 4.74 Å². The van der Waals surface area contributed by atoms with Crippen LogP contribution in [0.3, 0.4) is 0 Å². The van der Waals surface area contributed by atoms with Crippen LogP contribution in [0.2, 0.25) is 0 Å². The van der Waals surface area contributed by atoms with Crippen LogP contribution in [0.4, 0.5) is 5.69 Å². The maximum Gasteiger partial charge on any atom is 0.323 e. The van der Waals surface area contributed by atoms with Gasteiger partial charge in [-0.25, -0.2) is 4.79 Å². The van der Waals surface area contributed by atoms with Gasteiger partial charge in [0.05, 0.1) is 11.0 Å². The van der Waals surface area contributed by atoms with Crippen molar-refractivity contribution < 1.29 is 14.4 Å².